The van der Waals surface area contributed by atoms with Crippen LogP contribution in [0.15, 0.2) is 18.2 Å². The van der Waals surface area contributed by atoms with Crippen molar-refractivity contribution in [3.8, 4) is 11.5 Å². The third-order valence-electron chi connectivity index (χ3n) is 4.09. The Morgan fingerprint density at radius 3 is 2.58 bits per heavy atom. The zero-order chi connectivity index (χ0) is 13.5. The molecule has 1 saturated heterocycles. The van der Waals surface area contributed by atoms with Gasteiger partial charge in [0.05, 0.1) is 5.54 Å². The van der Waals surface area contributed by atoms with Gasteiger partial charge in [-0.1, -0.05) is 0 Å². The van der Waals surface area contributed by atoms with E-state index in [1.165, 1.54) is 12.8 Å². The standard InChI is InChI=1S/C15H19NO3/c1-15(2,16-7-3-4-8-16)14(17)11-5-6-12-13(9-11)19-10-18-12/h5-6,9H,3-4,7-8,10H2,1-2H3. The first kappa shape index (κ1) is 12.5. The molecule has 0 bridgehead atoms. The van der Waals surface area contributed by atoms with Gasteiger partial charge < -0.3 is 9.47 Å². The molecule has 0 N–H and O–H groups in total. The maximum absolute atomic E-state index is 12.7. The molecule has 0 atom stereocenters. The minimum atomic E-state index is -0.454. The van der Waals surface area contributed by atoms with Gasteiger partial charge >= 0.3 is 0 Å². The average Bonchev–Trinajstić information content (AvgIpc) is 3.07. The molecule has 2 aliphatic rings. The summed E-state index contributed by atoms with van der Waals surface area (Å²) in [5, 5.41) is 0. The molecule has 0 spiro atoms. The van der Waals surface area contributed by atoms with Crippen LogP contribution in [0.3, 0.4) is 0 Å². The van der Waals surface area contributed by atoms with Crippen molar-refractivity contribution in [2.45, 2.75) is 32.2 Å². The fourth-order valence-corrected chi connectivity index (χ4v) is 2.81. The first-order valence-electron chi connectivity index (χ1n) is 6.78. The van der Waals surface area contributed by atoms with Crippen LogP contribution in [0.25, 0.3) is 0 Å². The second-order valence-corrected chi connectivity index (χ2v) is 5.65. The number of Topliss-reactive ketones (excluding diaryl/α,β-unsaturated/α-hetero) is 1. The van der Waals surface area contributed by atoms with E-state index in [2.05, 4.69) is 4.90 Å². The largest absolute Gasteiger partial charge is 0.454 e. The smallest absolute Gasteiger partial charge is 0.231 e. The van der Waals surface area contributed by atoms with E-state index in [0.717, 1.165) is 18.8 Å². The van der Waals surface area contributed by atoms with Crippen LogP contribution in [-0.2, 0) is 0 Å². The molecular formula is C15H19NO3. The molecule has 1 fully saturated rings. The first-order chi connectivity index (χ1) is 9.09. The van der Waals surface area contributed by atoms with Gasteiger partial charge in [-0.3, -0.25) is 9.69 Å². The number of ketones is 1. The molecule has 2 aliphatic heterocycles. The van der Waals surface area contributed by atoms with Crippen molar-refractivity contribution in [1.29, 1.82) is 0 Å². The predicted molar refractivity (Wildman–Crippen MR) is 71.8 cm³/mol. The molecule has 1 aromatic carbocycles. The second-order valence-electron chi connectivity index (χ2n) is 5.65. The van der Waals surface area contributed by atoms with Crippen LogP contribution < -0.4 is 9.47 Å². The summed E-state index contributed by atoms with van der Waals surface area (Å²) >= 11 is 0. The Morgan fingerprint density at radius 1 is 1.16 bits per heavy atom. The molecule has 4 nitrogen and oxygen atoms in total. The van der Waals surface area contributed by atoms with Gasteiger partial charge in [0, 0.05) is 5.56 Å². The molecule has 0 unspecified atom stereocenters. The summed E-state index contributed by atoms with van der Waals surface area (Å²) in [4.78, 5) is 15.0. The molecule has 0 aliphatic carbocycles. The lowest BCUT2D eigenvalue weighted by atomic mass is 9.91. The monoisotopic (exact) mass is 261 g/mol. The van der Waals surface area contributed by atoms with Crippen molar-refractivity contribution in [2.75, 3.05) is 19.9 Å². The summed E-state index contributed by atoms with van der Waals surface area (Å²) < 4.78 is 10.6. The highest BCUT2D eigenvalue weighted by atomic mass is 16.7. The number of fused-ring (bicyclic) bond motifs is 1. The lowest BCUT2D eigenvalue weighted by Crippen LogP contribution is -2.48. The molecule has 1 aromatic rings. The van der Waals surface area contributed by atoms with Crippen molar-refractivity contribution in [3.63, 3.8) is 0 Å². The van der Waals surface area contributed by atoms with Gasteiger partial charge in [-0.25, -0.2) is 0 Å². The Balaban J connectivity index is 1.86. The Hall–Kier alpha value is -1.55. The van der Waals surface area contributed by atoms with Crippen LogP contribution in [0, 0.1) is 0 Å². The summed E-state index contributed by atoms with van der Waals surface area (Å²) in [5.41, 5.74) is 0.241. The van der Waals surface area contributed by atoms with Crippen LogP contribution in [0.2, 0.25) is 0 Å². The lowest BCUT2D eigenvalue weighted by Gasteiger charge is -2.33. The summed E-state index contributed by atoms with van der Waals surface area (Å²) in [5.74, 6) is 1.53. The molecule has 0 aromatic heterocycles. The zero-order valence-electron chi connectivity index (χ0n) is 11.4. The zero-order valence-corrected chi connectivity index (χ0v) is 11.4. The van der Waals surface area contributed by atoms with Gasteiger partial charge in [-0.15, -0.1) is 0 Å². The van der Waals surface area contributed by atoms with Gasteiger partial charge in [-0.05, 0) is 58.0 Å². The normalized spacial score (nSPS) is 18.8. The van der Waals surface area contributed by atoms with Gasteiger partial charge in [-0.2, -0.15) is 0 Å². The Labute approximate surface area is 113 Å². The number of carbonyl (C=O) groups excluding carboxylic acids is 1. The molecule has 0 amide bonds. The molecule has 3 rings (SSSR count). The van der Waals surface area contributed by atoms with Crippen molar-refractivity contribution < 1.29 is 14.3 Å². The van der Waals surface area contributed by atoms with Crippen LogP contribution >= 0.6 is 0 Å². The molecule has 102 valence electrons. The number of hydrogen-bond donors (Lipinski definition) is 0. The molecule has 0 radical (unpaired) electrons. The topological polar surface area (TPSA) is 38.8 Å². The number of ether oxygens (including phenoxy) is 2. The highest BCUT2D eigenvalue weighted by Gasteiger charge is 2.36. The summed E-state index contributed by atoms with van der Waals surface area (Å²) in [6.07, 6.45) is 2.36. The third kappa shape index (κ3) is 2.10. The van der Waals surface area contributed by atoms with E-state index >= 15 is 0 Å². The van der Waals surface area contributed by atoms with Gasteiger partial charge in [0.1, 0.15) is 0 Å². The summed E-state index contributed by atoms with van der Waals surface area (Å²) in [6, 6.07) is 5.44. The first-order valence-corrected chi connectivity index (χ1v) is 6.78. The molecule has 4 heteroatoms. The van der Waals surface area contributed by atoms with Crippen molar-refractivity contribution in [3.05, 3.63) is 23.8 Å². The van der Waals surface area contributed by atoms with Crippen LogP contribution in [0.1, 0.15) is 37.0 Å². The van der Waals surface area contributed by atoms with Crippen molar-refractivity contribution in [2.24, 2.45) is 0 Å². The summed E-state index contributed by atoms with van der Waals surface area (Å²) in [7, 11) is 0. The second kappa shape index (κ2) is 4.53. The molecule has 19 heavy (non-hydrogen) atoms. The quantitative estimate of drug-likeness (QED) is 0.784. The Bertz CT molecular complexity index is 504. The van der Waals surface area contributed by atoms with Crippen LogP contribution in [-0.4, -0.2) is 36.1 Å². The van der Waals surface area contributed by atoms with Crippen molar-refractivity contribution in [1.82, 2.24) is 4.90 Å². The third-order valence-corrected chi connectivity index (χ3v) is 4.09. The van der Waals surface area contributed by atoms with E-state index < -0.39 is 5.54 Å². The number of rotatable bonds is 3. The lowest BCUT2D eigenvalue weighted by molar-refractivity contribution is 0.0702. The fraction of sp³-hybridized carbons (Fsp3) is 0.533. The number of carbonyl (C=O) groups is 1. The maximum Gasteiger partial charge on any atom is 0.231 e. The summed E-state index contributed by atoms with van der Waals surface area (Å²) in [6.45, 7) is 6.26. The van der Waals surface area contributed by atoms with E-state index in [-0.39, 0.29) is 12.6 Å². The highest BCUT2D eigenvalue weighted by molar-refractivity contribution is 6.03. The minimum absolute atomic E-state index is 0.146. The van der Waals surface area contributed by atoms with Gasteiger partial charge in [0.2, 0.25) is 6.79 Å². The predicted octanol–water partition coefficient (Wildman–Crippen LogP) is 2.47. The van der Waals surface area contributed by atoms with Crippen LogP contribution in [0.5, 0.6) is 11.5 Å². The van der Waals surface area contributed by atoms with E-state index in [4.69, 9.17) is 9.47 Å². The number of benzene rings is 1. The van der Waals surface area contributed by atoms with E-state index in [1.807, 2.05) is 26.0 Å². The number of likely N-dealkylation sites (tertiary alicyclic amines) is 1. The van der Waals surface area contributed by atoms with Crippen LogP contribution in [0.4, 0.5) is 0 Å². The average molecular weight is 261 g/mol. The van der Waals surface area contributed by atoms with E-state index in [9.17, 15) is 4.79 Å². The van der Waals surface area contributed by atoms with Gasteiger partial charge in [0.25, 0.3) is 0 Å². The fourth-order valence-electron chi connectivity index (χ4n) is 2.81. The van der Waals surface area contributed by atoms with E-state index in [0.29, 0.717) is 11.3 Å². The van der Waals surface area contributed by atoms with Gasteiger partial charge in [0.15, 0.2) is 17.3 Å². The maximum atomic E-state index is 12.7. The van der Waals surface area contributed by atoms with Crippen molar-refractivity contribution >= 4 is 5.78 Å². The number of nitrogens with zero attached hydrogens (tertiary/aromatic N) is 1. The molecular weight excluding hydrogens is 242 g/mol. The Kier molecular flexibility index (Phi) is 2.97. The minimum Gasteiger partial charge on any atom is -0.454 e. The molecule has 2 heterocycles. The molecule has 0 saturated carbocycles. The van der Waals surface area contributed by atoms with E-state index in [1.54, 1.807) is 6.07 Å². The number of hydrogen-bond acceptors (Lipinski definition) is 4. The Morgan fingerprint density at radius 2 is 1.84 bits per heavy atom. The highest BCUT2D eigenvalue weighted by Crippen LogP contribution is 2.34. The SMILES string of the molecule is CC(C)(C(=O)c1ccc2c(c1)OCO2)N1CCCC1.